The quantitative estimate of drug-likeness (QED) is 0.248. The Morgan fingerprint density at radius 1 is 1.05 bits per heavy atom. The van der Waals surface area contributed by atoms with E-state index in [0.717, 1.165) is 43.0 Å². The summed E-state index contributed by atoms with van der Waals surface area (Å²) in [5.74, 6) is 1.58. The summed E-state index contributed by atoms with van der Waals surface area (Å²) in [6.07, 6.45) is 2.30. The fraction of sp³-hybridized carbons (Fsp3) is 0.393. The van der Waals surface area contributed by atoms with Crippen molar-refractivity contribution in [3.8, 4) is 23.0 Å². The number of hydrogen-bond acceptors (Lipinski definition) is 8. The lowest BCUT2D eigenvalue weighted by Gasteiger charge is -2.17. The van der Waals surface area contributed by atoms with Gasteiger partial charge in [0.05, 0.1) is 23.8 Å². The molecule has 0 atom stereocenters. The molecule has 13 heteroatoms. The Morgan fingerprint density at radius 2 is 1.76 bits per heavy atom. The first-order valence-corrected chi connectivity index (χ1v) is 15.9. The van der Waals surface area contributed by atoms with Crippen LogP contribution in [0.3, 0.4) is 0 Å². The minimum absolute atomic E-state index is 0.0955. The molecule has 3 heterocycles. The van der Waals surface area contributed by atoms with Crippen molar-refractivity contribution in [3.05, 3.63) is 65.5 Å². The molecule has 0 bridgehead atoms. The van der Waals surface area contributed by atoms with Crippen LogP contribution in [-0.2, 0) is 17.3 Å². The molecule has 0 spiro atoms. The Balaban J connectivity index is 1.28. The normalized spacial score (nSPS) is 15.7. The second-order valence-corrected chi connectivity index (χ2v) is 14.0. The molecule has 6 rings (SSSR count). The SMILES string of the molecule is COc1ncnc(C2CC2)c1-c1ncc(P(C)(C)=O)c(NCc2ccc(-n3nc(C(F)(F)F)cc3C3CC3)cc2)n1. The van der Waals surface area contributed by atoms with Gasteiger partial charge < -0.3 is 14.6 Å². The van der Waals surface area contributed by atoms with Gasteiger partial charge in [-0.3, -0.25) is 0 Å². The predicted octanol–water partition coefficient (Wildman–Crippen LogP) is 5.76. The maximum absolute atomic E-state index is 13.3. The smallest absolute Gasteiger partial charge is 0.435 e. The van der Waals surface area contributed by atoms with E-state index in [0.29, 0.717) is 52.2 Å². The molecule has 0 unspecified atom stereocenters. The lowest BCUT2D eigenvalue weighted by molar-refractivity contribution is -0.141. The standard InChI is InChI=1S/C28H29F3N7O2P/c1-40-27-23(24(18-8-9-18)34-15-35-27)26-33-14-21(41(2,3)39)25(36-26)32-13-16-4-10-19(11-5-16)38-20(17-6-7-17)12-22(37-38)28(29,30)31/h4-5,10-12,14-15,17-18H,6-9,13H2,1-3H3,(H,32,33,36). The molecule has 4 aromatic rings. The fourth-order valence-corrected chi connectivity index (χ4v) is 5.76. The zero-order valence-electron chi connectivity index (χ0n) is 22.8. The lowest BCUT2D eigenvalue weighted by atomic mass is 10.1. The van der Waals surface area contributed by atoms with Crippen molar-refractivity contribution in [3.63, 3.8) is 0 Å². The van der Waals surface area contributed by atoms with Crippen molar-refractivity contribution < 1.29 is 22.5 Å². The van der Waals surface area contributed by atoms with E-state index in [4.69, 9.17) is 9.72 Å². The molecule has 214 valence electrons. The first-order valence-electron chi connectivity index (χ1n) is 13.3. The highest BCUT2D eigenvalue weighted by Gasteiger charge is 2.38. The summed E-state index contributed by atoms with van der Waals surface area (Å²) in [6.45, 7) is 3.65. The summed E-state index contributed by atoms with van der Waals surface area (Å²) in [5.41, 5.74) is 2.58. The van der Waals surface area contributed by atoms with Gasteiger partial charge in [0.25, 0.3) is 0 Å². The van der Waals surface area contributed by atoms with E-state index in [1.54, 1.807) is 31.7 Å². The number of nitrogens with one attached hydrogen (secondary N) is 1. The topological polar surface area (TPSA) is 108 Å². The molecule has 1 aromatic carbocycles. The number of aromatic nitrogens is 6. The van der Waals surface area contributed by atoms with Gasteiger partial charge in [-0.05, 0) is 62.8 Å². The van der Waals surface area contributed by atoms with Crippen LogP contribution in [0.25, 0.3) is 17.1 Å². The van der Waals surface area contributed by atoms with Crippen molar-refractivity contribution in [2.45, 2.75) is 50.2 Å². The Labute approximate surface area is 235 Å². The van der Waals surface area contributed by atoms with E-state index in [1.807, 2.05) is 12.1 Å². The highest BCUT2D eigenvalue weighted by Crippen LogP contribution is 2.46. The average Bonchev–Trinajstić information content (AvgIpc) is 3.88. The van der Waals surface area contributed by atoms with Gasteiger partial charge in [0.1, 0.15) is 24.9 Å². The molecule has 0 amide bonds. The number of halogens is 3. The van der Waals surface area contributed by atoms with Crippen molar-refractivity contribution in [1.82, 2.24) is 29.7 Å². The van der Waals surface area contributed by atoms with Gasteiger partial charge in [0.15, 0.2) is 11.5 Å². The Bertz CT molecular complexity index is 1640. The van der Waals surface area contributed by atoms with Crippen LogP contribution in [0.4, 0.5) is 19.0 Å². The molecule has 2 saturated carbocycles. The van der Waals surface area contributed by atoms with Gasteiger partial charge in [0, 0.05) is 30.3 Å². The second-order valence-electron chi connectivity index (χ2n) is 10.9. The number of benzene rings is 1. The van der Waals surface area contributed by atoms with E-state index < -0.39 is 19.0 Å². The van der Waals surface area contributed by atoms with E-state index in [2.05, 4.69) is 25.4 Å². The van der Waals surface area contributed by atoms with Crippen LogP contribution in [0, 0.1) is 0 Å². The summed E-state index contributed by atoms with van der Waals surface area (Å²) < 4.78 is 60.0. The van der Waals surface area contributed by atoms with Gasteiger partial charge in [-0.2, -0.15) is 18.3 Å². The molecule has 2 aliphatic carbocycles. The van der Waals surface area contributed by atoms with Gasteiger partial charge in [-0.1, -0.05) is 12.1 Å². The third-order valence-corrected chi connectivity index (χ3v) is 8.72. The number of methoxy groups -OCH3 is 1. The minimum Gasteiger partial charge on any atom is -0.480 e. The molecule has 2 aliphatic rings. The Hall–Kier alpha value is -3.79. The fourth-order valence-electron chi connectivity index (χ4n) is 4.79. The van der Waals surface area contributed by atoms with Crippen LogP contribution < -0.4 is 15.4 Å². The van der Waals surface area contributed by atoms with Crippen LogP contribution in [-0.4, -0.2) is 50.2 Å². The molecule has 3 aromatic heterocycles. The highest BCUT2D eigenvalue weighted by molar-refractivity contribution is 7.70. The van der Waals surface area contributed by atoms with Crippen LogP contribution >= 0.6 is 7.14 Å². The highest BCUT2D eigenvalue weighted by atomic mass is 31.2. The molecule has 0 radical (unpaired) electrons. The zero-order chi connectivity index (χ0) is 28.9. The lowest BCUT2D eigenvalue weighted by Crippen LogP contribution is -2.17. The van der Waals surface area contributed by atoms with Crippen molar-refractivity contribution in [2.24, 2.45) is 0 Å². The van der Waals surface area contributed by atoms with E-state index in [-0.39, 0.29) is 5.92 Å². The van der Waals surface area contributed by atoms with E-state index >= 15 is 0 Å². The summed E-state index contributed by atoms with van der Waals surface area (Å²) in [5, 5.41) is 7.66. The van der Waals surface area contributed by atoms with Crippen LogP contribution in [0.5, 0.6) is 5.88 Å². The summed E-state index contributed by atoms with van der Waals surface area (Å²) >= 11 is 0. The van der Waals surface area contributed by atoms with Crippen molar-refractivity contribution in [1.29, 1.82) is 0 Å². The minimum atomic E-state index is -4.50. The third-order valence-electron chi connectivity index (χ3n) is 7.24. The van der Waals surface area contributed by atoms with Gasteiger partial charge >= 0.3 is 6.18 Å². The third kappa shape index (κ3) is 5.70. The van der Waals surface area contributed by atoms with Crippen LogP contribution in [0.2, 0.25) is 0 Å². The zero-order valence-corrected chi connectivity index (χ0v) is 23.7. The first-order chi connectivity index (χ1) is 19.5. The van der Waals surface area contributed by atoms with Gasteiger partial charge in [-0.15, -0.1) is 0 Å². The average molecular weight is 584 g/mol. The Kier molecular flexibility index (Phi) is 6.84. The number of alkyl halides is 3. The molecular weight excluding hydrogens is 554 g/mol. The summed E-state index contributed by atoms with van der Waals surface area (Å²) in [7, 11) is -1.21. The van der Waals surface area contributed by atoms with Crippen LogP contribution in [0.1, 0.15) is 60.2 Å². The monoisotopic (exact) mass is 583 g/mol. The number of hydrogen-bond donors (Lipinski definition) is 1. The second kappa shape index (κ2) is 10.2. The molecule has 0 aliphatic heterocycles. The number of anilines is 1. The largest absolute Gasteiger partial charge is 0.480 e. The molecular formula is C28H29F3N7O2P. The van der Waals surface area contributed by atoms with Crippen molar-refractivity contribution in [2.75, 3.05) is 25.8 Å². The number of nitrogens with zero attached hydrogens (tertiary/aromatic N) is 6. The summed E-state index contributed by atoms with van der Waals surface area (Å²) in [4.78, 5) is 18.0. The number of rotatable bonds is 9. The van der Waals surface area contributed by atoms with E-state index in [9.17, 15) is 17.7 Å². The predicted molar refractivity (Wildman–Crippen MR) is 149 cm³/mol. The van der Waals surface area contributed by atoms with Gasteiger partial charge in [-0.25, -0.2) is 24.6 Å². The molecule has 41 heavy (non-hydrogen) atoms. The molecule has 0 saturated heterocycles. The van der Waals surface area contributed by atoms with E-state index in [1.165, 1.54) is 18.1 Å². The van der Waals surface area contributed by atoms with Crippen molar-refractivity contribution >= 4 is 18.3 Å². The van der Waals surface area contributed by atoms with Crippen LogP contribution in [0.15, 0.2) is 42.9 Å². The molecule has 9 nitrogen and oxygen atoms in total. The molecule has 1 N–H and O–H groups in total. The Morgan fingerprint density at radius 3 is 2.37 bits per heavy atom. The maximum atomic E-state index is 13.3. The maximum Gasteiger partial charge on any atom is 0.435 e. The van der Waals surface area contributed by atoms with Gasteiger partial charge in [0.2, 0.25) is 5.88 Å². The summed E-state index contributed by atoms with van der Waals surface area (Å²) in [6, 6.07) is 8.30. The molecule has 2 fully saturated rings. The number of ether oxygens (including phenoxy) is 1. The first kappa shape index (κ1) is 27.4.